The van der Waals surface area contributed by atoms with E-state index in [-0.39, 0.29) is 18.2 Å². The van der Waals surface area contributed by atoms with Crippen molar-refractivity contribution < 1.29 is 41.0 Å². The van der Waals surface area contributed by atoms with E-state index in [1.54, 1.807) is 24.3 Å². The molecule has 1 atom stereocenters. The first kappa shape index (κ1) is 24.0. The van der Waals surface area contributed by atoms with Crippen LogP contribution in [0.25, 0.3) is 11.0 Å². The Kier molecular flexibility index (Phi) is 6.56. The van der Waals surface area contributed by atoms with Crippen LogP contribution in [0.2, 0.25) is 0 Å². The van der Waals surface area contributed by atoms with Gasteiger partial charge in [0.1, 0.15) is 6.04 Å². The summed E-state index contributed by atoms with van der Waals surface area (Å²) < 4.78 is 77.9. The molecule has 1 aromatic heterocycles. The zero-order valence-electron chi connectivity index (χ0n) is 16.5. The Balaban J connectivity index is 1.79. The molecule has 0 spiro atoms. The molecule has 33 heavy (non-hydrogen) atoms. The number of amides is 1. The number of hydrogen-bond acceptors (Lipinski definition) is 4. The van der Waals surface area contributed by atoms with E-state index in [0.717, 1.165) is 0 Å². The second-order valence-electron chi connectivity index (χ2n) is 7.10. The van der Waals surface area contributed by atoms with E-state index in [1.165, 1.54) is 6.20 Å². The maximum absolute atomic E-state index is 13.0. The van der Waals surface area contributed by atoms with E-state index in [4.69, 9.17) is 0 Å². The average molecular weight is 471 g/mol. The Bertz CT molecular complexity index is 1160. The van der Waals surface area contributed by atoms with Crippen LogP contribution >= 0.6 is 0 Å². The normalized spacial score (nSPS) is 13.0. The number of alkyl halides is 6. The van der Waals surface area contributed by atoms with Crippen molar-refractivity contribution in [1.82, 2.24) is 15.3 Å². The first-order valence-corrected chi connectivity index (χ1v) is 9.34. The number of nitrogens with zero attached hydrogens (tertiary/aromatic N) is 2. The van der Waals surface area contributed by atoms with Crippen molar-refractivity contribution >= 4 is 22.9 Å². The van der Waals surface area contributed by atoms with Gasteiger partial charge in [0.15, 0.2) is 0 Å². The van der Waals surface area contributed by atoms with Gasteiger partial charge in [-0.05, 0) is 35.9 Å². The largest absolute Gasteiger partial charge is 0.480 e. The van der Waals surface area contributed by atoms with Crippen molar-refractivity contribution in [3.63, 3.8) is 0 Å². The molecule has 2 aromatic carbocycles. The molecular formula is C21H15F6N3O3. The number of para-hydroxylation sites is 2. The highest BCUT2D eigenvalue weighted by molar-refractivity contribution is 5.85. The number of halogens is 6. The summed E-state index contributed by atoms with van der Waals surface area (Å²) >= 11 is 0. The predicted octanol–water partition coefficient (Wildman–Crippen LogP) is 4.02. The lowest BCUT2D eigenvalue weighted by molar-refractivity contribution is -0.143. The second kappa shape index (κ2) is 9.04. The van der Waals surface area contributed by atoms with Crippen molar-refractivity contribution in [2.24, 2.45) is 0 Å². The fourth-order valence-electron chi connectivity index (χ4n) is 3.06. The summed E-state index contributed by atoms with van der Waals surface area (Å²) in [5.74, 6) is -2.53. The van der Waals surface area contributed by atoms with Crippen LogP contribution in [-0.4, -0.2) is 33.0 Å². The number of aromatic nitrogens is 2. The van der Waals surface area contributed by atoms with Crippen LogP contribution in [-0.2, 0) is 34.8 Å². The maximum atomic E-state index is 13.0. The lowest BCUT2D eigenvalue weighted by atomic mass is 10.0. The molecule has 6 nitrogen and oxygen atoms in total. The summed E-state index contributed by atoms with van der Waals surface area (Å²) in [6.07, 6.45) is -10.0. The van der Waals surface area contributed by atoms with Crippen molar-refractivity contribution in [3.05, 3.63) is 71.0 Å². The number of carbonyl (C=O) groups is 2. The van der Waals surface area contributed by atoms with Crippen LogP contribution in [0, 0.1) is 0 Å². The minimum absolute atomic E-state index is 0.0557. The number of carboxylic acid groups (broad SMARTS) is 1. The number of nitrogens with one attached hydrogen (secondary N) is 1. The third-order valence-electron chi connectivity index (χ3n) is 4.56. The van der Waals surface area contributed by atoms with Gasteiger partial charge in [-0.25, -0.2) is 9.78 Å². The van der Waals surface area contributed by atoms with Gasteiger partial charge in [0, 0.05) is 12.6 Å². The number of benzene rings is 2. The van der Waals surface area contributed by atoms with Crippen molar-refractivity contribution in [2.45, 2.75) is 31.2 Å². The van der Waals surface area contributed by atoms with Gasteiger partial charge in [0.2, 0.25) is 5.91 Å². The van der Waals surface area contributed by atoms with Crippen LogP contribution in [0.4, 0.5) is 26.3 Å². The molecule has 1 heterocycles. The Labute approximate surface area is 182 Å². The van der Waals surface area contributed by atoms with E-state index >= 15 is 0 Å². The van der Waals surface area contributed by atoms with Crippen LogP contribution in [0.1, 0.15) is 22.4 Å². The van der Waals surface area contributed by atoms with E-state index in [1.807, 2.05) is 0 Å². The van der Waals surface area contributed by atoms with Crippen molar-refractivity contribution in [2.75, 3.05) is 0 Å². The Hall–Kier alpha value is -3.70. The minimum atomic E-state index is -5.06. The molecule has 0 aliphatic heterocycles. The Morgan fingerprint density at radius 3 is 2.06 bits per heavy atom. The minimum Gasteiger partial charge on any atom is -0.480 e. The molecule has 3 rings (SSSR count). The molecule has 12 heteroatoms. The smallest absolute Gasteiger partial charge is 0.416 e. The summed E-state index contributed by atoms with van der Waals surface area (Å²) in [5, 5.41) is 11.5. The fraction of sp³-hybridized carbons (Fsp3) is 0.238. The molecule has 0 saturated heterocycles. The van der Waals surface area contributed by atoms with Gasteiger partial charge in [0.05, 0.1) is 34.3 Å². The van der Waals surface area contributed by atoms with Gasteiger partial charge in [-0.3, -0.25) is 9.78 Å². The number of rotatable bonds is 6. The molecule has 1 amide bonds. The molecule has 0 unspecified atom stereocenters. The lowest BCUT2D eigenvalue weighted by Crippen LogP contribution is -2.43. The van der Waals surface area contributed by atoms with E-state index in [2.05, 4.69) is 15.3 Å². The standard InChI is InChI=1S/C21H15F6N3O3/c22-20(23,24)12-5-11(6-13(8-12)21(25,26)27)7-18(31)30-17(19(32)33)9-14-10-28-15-3-1-2-4-16(15)29-14/h1-6,8,10,17H,7,9H2,(H,30,31)(H,32,33)/t17-/m1/s1. The van der Waals surface area contributed by atoms with Gasteiger partial charge >= 0.3 is 18.3 Å². The SMILES string of the molecule is O=C(Cc1cc(C(F)(F)F)cc(C(F)(F)F)c1)N[C@H](Cc1cnc2ccccc2n1)C(=O)O. The zero-order chi connectivity index (χ0) is 24.4. The summed E-state index contributed by atoms with van der Waals surface area (Å²) in [6.45, 7) is 0. The molecule has 0 aliphatic rings. The quantitative estimate of drug-likeness (QED) is 0.530. The molecule has 0 bridgehead atoms. The van der Waals surface area contributed by atoms with E-state index in [9.17, 15) is 41.0 Å². The molecule has 0 fully saturated rings. The molecule has 0 radical (unpaired) electrons. The number of carbonyl (C=O) groups excluding carboxylic acids is 1. The van der Waals surface area contributed by atoms with Crippen LogP contribution in [0.15, 0.2) is 48.7 Å². The fourth-order valence-corrected chi connectivity index (χ4v) is 3.06. The summed E-state index contributed by atoms with van der Waals surface area (Å²) in [6, 6.07) is 6.01. The lowest BCUT2D eigenvalue weighted by Gasteiger charge is -2.16. The highest BCUT2D eigenvalue weighted by Crippen LogP contribution is 2.36. The second-order valence-corrected chi connectivity index (χ2v) is 7.10. The molecule has 0 saturated carbocycles. The number of fused-ring (bicyclic) bond motifs is 1. The molecule has 0 aliphatic carbocycles. The molecule has 174 valence electrons. The number of hydrogen-bond donors (Lipinski definition) is 2. The Morgan fingerprint density at radius 2 is 1.52 bits per heavy atom. The van der Waals surface area contributed by atoms with Crippen LogP contribution in [0.3, 0.4) is 0 Å². The van der Waals surface area contributed by atoms with E-state index in [0.29, 0.717) is 23.2 Å². The molecular weight excluding hydrogens is 456 g/mol. The van der Waals surface area contributed by atoms with E-state index < -0.39 is 53.4 Å². The predicted molar refractivity (Wildman–Crippen MR) is 103 cm³/mol. The third kappa shape index (κ3) is 6.18. The van der Waals surface area contributed by atoms with Crippen molar-refractivity contribution in [1.29, 1.82) is 0 Å². The number of aliphatic carboxylic acids is 1. The monoisotopic (exact) mass is 471 g/mol. The molecule has 2 N–H and O–H groups in total. The maximum Gasteiger partial charge on any atom is 0.416 e. The Morgan fingerprint density at radius 1 is 0.939 bits per heavy atom. The summed E-state index contributed by atoms with van der Waals surface area (Å²) in [4.78, 5) is 32.2. The summed E-state index contributed by atoms with van der Waals surface area (Å²) in [5.41, 5.74) is -2.44. The first-order valence-electron chi connectivity index (χ1n) is 9.34. The average Bonchev–Trinajstić information content (AvgIpc) is 2.71. The van der Waals surface area contributed by atoms with Gasteiger partial charge in [-0.2, -0.15) is 26.3 Å². The van der Waals surface area contributed by atoms with Gasteiger partial charge in [-0.15, -0.1) is 0 Å². The zero-order valence-corrected chi connectivity index (χ0v) is 16.5. The highest BCUT2D eigenvalue weighted by atomic mass is 19.4. The molecule has 3 aromatic rings. The summed E-state index contributed by atoms with van der Waals surface area (Å²) in [7, 11) is 0. The highest BCUT2D eigenvalue weighted by Gasteiger charge is 2.37. The van der Waals surface area contributed by atoms with Gasteiger partial charge in [0.25, 0.3) is 0 Å². The van der Waals surface area contributed by atoms with Crippen LogP contribution in [0.5, 0.6) is 0 Å². The first-order chi connectivity index (χ1) is 15.3. The topological polar surface area (TPSA) is 92.2 Å². The van der Waals surface area contributed by atoms with Crippen LogP contribution < -0.4 is 5.32 Å². The third-order valence-corrected chi connectivity index (χ3v) is 4.56. The van der Waals surface area contributed by atoms with Crippen molar-refractivity contribution in [3.8, 4) is 0 Å². The number of carboxylic acids is 1. The van der Waals surface area contributed by atoms with Gasteiger partial charge in [-0.1, -0.05) is 12.1 Å². The van der Waals surface area contributed by atoms with Gasteiger partial charge < -0.3 is 10.4 Å².